The Bertz CT molecular complexity index is 919. The van der Waals surface area contributed by atoms with Crippen LogP contribution in [-0.4, -0.2) is 43.0 Å². The standard InChI is InChI=1S/C19H20FN3O5/c1-27-17-7-12-5-6-22(10-13(12)8-18(17)28-2)11-19(24)21-15-4-3-14(20)9-16(15)23(25)26/h3-4,7-9H,5-6,10-11H2,1-2H3,(H,21,24). The number of amides is 1. The molecule has 1 N–H and O–H groups in total. The van der Waals surface area contributed by atoms with Crippen LogP contribution in [-0.2, 0) is 17.8 Å². The highest BCUT2D eigenvalue weighted by Crippen LogP contribution is 2.33. The number of nitro groups is 1. The minimum absolute atomic E-state index is 0.0276. The molecule has 0 bridgehead atoms. The average Bonchev–Trinajstić information content (AvgIpc) is 2.67. The van der Waals surface area contributed by atoms with Gasteiger partial charge in [0.05, 0.1) is 31.8 Å². The fraction of sp³-hybridized carbons (Fsp3) is 0.316. The molecule has 2 aromatic rings. The maximum atomic E-state index is 13.2. The van der Waals surface area contributed by atoms with Crippen molar-refractivity contribution < 1.29 is 23.6 Å². The van der Waals surface area contributed by atoms with Crippen molar-refractivity contribution in [2.45, 2.75) is 13.0 Å². The number of benzene rings is 2. The molecule has 8 nitrogen and oxygen atoms in total. The minimum Gasteiger partial charge on any atom is -0.493 e. The highest BCUT2D eigenvalue weighted by molar-refractivity contribution is 5.94. The molecule has 1 aliphatic rings. The van der Waals surface area contributed by atoms with E-state index in [0.29, 0.717) is 24.6 Å². The summed E-state index contributed by atoms with van der Waals surface area (Å²) in [6.45, 7) is 1.25. The maximum absolute atomic E-state index is 13.2. The van der Waals surface area contributed by atoms with E-state index in [-0.39, 0.29) is 12.2 Å². The number of methoxy groups -OCH3 is 2. The number of ether oxygens (including phenoxy) is 2. The molecule has 0 aliphatic carbocycles. The second kappa shape index (κ2) is 8.22. The fourth-order valence-corrected chi connectivity index (χ4v) is 3.23. The van der Waals surface area contributed by atoms with Gasteiger partial charge in [0.15, 0.2) is 11.5 Å². The van der Waals surface area contributed by atoms with Crippen molar-refractivity contribution in [1.82, 2.24) is 4.90 Å². The third kappa shape index (κ3) is 4.20. The molecule has 0 spiro atoms. The van der Waals surface area contributed by atoms with Gasteiger partial charge in [0, 0.05) is 13.1 Å². The third-order valence-electron chi connectivity index (χ3n) is 4.59. The topological polar surface area (TPSA) is 93.9 Å². The van der Waals surface area contributed by atoms with Gasteiger partial charge in [0.1, 0.15) is 11.5 Å². The highest BCUT2D eigenvalue weighted by Gasteiger charge is 2.22. The summed E-state index contributed by atoms with van der Waals surface area (Å²) in [5.74, 6) is 0.144. The molecule has 0 saturated carbocycles. The van der Waals surface area contributed by atoms with Crippen LogP contribution in [0.15, 0.2) is 30.3 Å². The van der Waals surface area contributed by atoms with E-state index in [1.807, 2.05) is 17.0 Å². The Kier molecular flexibility index (Phi) is 5.74. The van der Waals surface area contributed by atoms with Gasteiger partial charge in [-0.1, -0.05) is 0 Å². The van der Waals surface area contributed by atoms with Crippen LogP contribution >= 0.6 is 0 Å². The van der Waals surface area contributed by atoms with E-state index in [2.05, 4.69) is 5.32 Å². The molecule has 0 radical (unpaired) electrons. The first-order valence-electron chi connectivity index (χ1n) is 8.61. The molecule has 0 aromatic heterocycles. The van der Waals surface area contributed by atoms with Crippen molar-refractivity contribution >= 4 is 17.3 Å². The molecule has 0 unspecified atom stereocenters. The van der Waals surface area contributed by atoms with Crippen LogP contribution in [0.1, 0.15) is 11.1 Å². The lowest BCUT2D eigenvalue weighted by atomic mass is 9.99. The first-order valence-corrected chi connectivity index (χ1v) is 8.61. The second-order valence-electron chi connectivity index (χ2n) is 6.40. The summed E-state index contributed by atoms with van der Waals surface area (Å²) in [4.78, 5) is 24.6. The van der Waals surface area contributed by atoms with Crippen molar-refractivity contribution in [3.8, 4) is 11.5 Å². The van der Waals surface area contributed by atoms with Crippen LogP contribution < -0.4 is 14.8 Å². The van der Waals surface area contributed by atoms with Gasteiger partial charge in [-0.05, 0) is 41.8 Å². The number of carbonyl (C=O) groups excluding carboxylic acids is 1. The molecule has 0 saturated heterocycles. The molecule has 28 heavy (non-hydrogen) atoms. The number of anilines is 1. The number of nitrogens with zero attached hydrogens (tertiary/aromatic N) is 2. The molecule has 1 amide bonds. The average molecular weight is 389 g/mol. The number of carbonyl (C=O) groups is 1. The van der Waals surface area contributed by atoms with Crippen molar-refractivity contribution in [1.29, 1.82) is 0 Å². The van der Waals surface area contributed by atoms with Crippen molar-refractivity contribution in [2.24, 2.45) is 0 Å². The van der Waals surface area contributed by atoms with Crippen molar-refractivity contribution in [3.05, 3.63) is 57.4 Å². The maximum Gasteiger partial charge on any atom is 0.295 e. The number of hydrogen-bond acceptors (Lipinski definition) is 6. The zero-order valence-electron chi connectivity index (χ0n) is 15.5. The van der Waals surface area contributed by atoms with Gasteiger partial charge in [0.25, 0.3) is 5.69 Å². The SMILES string of the molecule is COc1cc2c(cc1OC)CN(CC(=O)Nc1ccc(F)cc1[N+](=O)[O-])CC2. The smallest absolute Gasteiger partial charge is 0.295 e. The molecular formula is C19H20FN3O5. The monoisotopic (exact) mass is 389 g/mol. The van der Waals surface area contributed by atoms with Crippen LogP contribution in [0.2, 0.25) is 0 Å². The van der Waals surface area contributed by atoms with E-state index in [0.717, 1.165) is 29.7 Å². The zero-order valence-corrected chi connectivity index (χ0v) is 15.5. The normalized spacial score (nSPS) is 13.5. The summed E-state index contributed by atoms with van der Waals surface area (Å²) in [6, 6.07) is 6.87. The molecule has 1 aliphatic heterocycles. The molecular weight excluding hydrogens is 369 g/mol. The lowest BCUT2D eigenvalue weighted by Gasteiger charge is -2.29. The molecule has 3 rings (SSSR count). The molecule has 2 aromatic carbocycles. The molecule has 9 heteroatoms. The summed E-state index contributed by atoms with van der Waals surface area (Å²) < 4.78 is 23.9. The van der Waals surface area contributed by atoms with Gasteiger partial charge in [-0.15, -0.1) is 0 Å². The zero-order chi connectivity index (χ0) is 20.3. The Morgan fingerprint density at radius 1 is 1.21 bits per heavy atom. The van der Waals surface area contributed by atoms with E-state index in [1.165, 1.54) is 6.07 Å². The molecule has 0 atom stereocenters. The van der Waals surface area contributed by atoms with Gasteiger partial charge in [-0.3, -0.25) is 19.8 Å². The molecule has 148 valence electrons. The number of hydrogen-bond donors (Lipinski definition) is 1. The second-order valence-corrected chi connectivity index (χ2v) is 6.40. The Morgan fingerprint density at radius 2 is 1.89 bits per heavy atom. The fourth-order valence-electron chi connectivity index (χ4n) is 3.23. The van der Waals surface area contributed by atoms with E-state index in [9.17, 15) is 19.3 Å². The van der Waals surface area contributed by atoms with Crippen LogP contribution in [0.5, 0.6) is 11.5 Å². The summed E-state index contributed by atoms with van der Waals surface area (Å²) >= 11 is 0. The quantitative estimate of drug-likeness (QED) is 0.603. The Hall–Kier alpha value is -3.20. The minimum atomic E-state index is -0.735. The van der Waals surface area contributed by atoms with Gasteiger partial charge >= 0.3 is 0 Å². The summed E-state index contributed by atoms with van der Waals surface area (Å²) in [5.41, 5.74) is 1.65. The van der Waals surface area contributed by atoms with Crippen LogP contribution in [0.4, 0.5) is 15.8 Å². The summed E-state index contributed by atoms with van der Waals surface area (Å²) in [7, 11) is 3.15. The van der Waals surface area contributed by atoms with Crippen molar-refractivity contribution in [3.63, 3.8) is 0 Å². The van der Waals surface area contributed by atoms with E-state index in [4.69, 9.17) is 9.47 Å². The summed E-state index contributed by atoms with van der Waals surface area (Å²) in [6.07, 6.45) is 0.736. The lowest BCUT2D eigenvalue weighted by molar-refractivity contribution is -0.384. The van der Waals surface area contributed by atoms with E-state index >= 15 is 0 Å². The number of halogens is 1. The Labute approximate surface area is 161 Å². The number of nitrogens with one attached hydrogen (secondary N) is 1. The predicted octanol–water partition coefficient (Wildman–Crippen LogP) is 2.75. The Balaban J connectivity index is 1.69. The van der Waals surface area contributed by atoms with E-state index in [1.54, 1.807) is 14.2 Å². The highest BCUT2D eigenvalue weighted by atomic mass is 19.1. The first kappa shape index (κ1) is 19.6. The lowest BCUT2D eigenvalue weighted by Crippen LogP contribution is -2.37. The number of nitro benzene ring substituents is 1. The summed E-state index contributed by atoms with van der Waals surface area (Å²) in [5, 5.41) is 13.5. The van der Waals surface area contributed by atoms with Gasteiger partial charge < -0.3 is 14.8 Å². The van der Waals surface area contributed by atoms with Crippen molar-refractivity contribution in [2.75, 3.05) is 32.6 Å². The molecule has 1 heterocycles. The van der Waals surface area contributed by atoms with Crippen LogP contribution in [0.3, 0.4) is 0 Å². The predicted molar refractivity (Wildman–Crippen MR) is 100 cm³/mol. The van der Waals surface area contributed by atoms with Crippen LogP contribution in [0.25, 0.3) is 0 Å². The number of rotatable bonds is 6. The Morgan fingerprint density at radius 3 is 2.54 bits per heavy atom. The third-order valence-corrected chi connectivity index (χ3v) is 4.59. The first-order chi connectivity index (χ1) is 13.4. The van der Waals surface area contributed by atoms with Gasteiger partial charge in [0.2, 0.25) is 5.91 Å². The van der Waals surface area contributed by atoms with Gasteiger partial charge in [-0.25, -0.2) is 4.39 Å². The molecule has 0 fully saturated rings. The van der Waals surface area contributed by atoms with E-state index < -0.39 is 22.3 Å². The van der Waals surface area contributed by atoms with Gasteiger partial charge in [-0.2, -0.15) is 0 Å². The largest absolute Gasteiger partial charge is 0.493 e. The van der Waals surface area contributed by atoms with Crippen LogP contribution in [0, 0.1) is 15.9 Å². The number of fused-ring (bicyclic) bond motifs is 1.